The molecule has 0 radical (unpaired) electrons. The number of carboxylic acids is 1. The predicted molar refractivity (Wildman–Crippen MR) is 76.4 cm³/mol. The van der Waals surface area contributed by atoms with E-state index >= 15 is 0 Å². The Morgan fingerprint density at radius 1 is 1.48 bits per heavy atom. The summed E-state index contributed by atoms with van der Waals surface area (Å²) in [5, 5.41) is 11.7. The fourth-order valence-corrected chi connectivity index (χ4v) is 2.60. The third-order valence-corrected chi connectivity index (χ3v) is 3.99. The first-order chi connectivity index (χ1) is 9.90. The number of amides is 1. The van der Waals surface area contributed by atoms with Gasteiger partial charge in [-0.2, -0.15) is 0 Å². The Balaban J connectivity index is 2.02. The van der Waals surface area contributed by atoms with E-state index in [0.29, 0.717) is 23.1 Å². The van der Waals surface area contributed by atoms with Crippen molar-refractivity contribution >= 4 is 27.8 Å². The summed E-state index contributed by atoms with van der Waals surface area (Å²) >= 11 is 3.04. The summed E-state index contributed by atoms with van der Waals surface area (Å²) in [6, 6.07) is 4.45. The second-order valence-corrected chi connectivity index (χ2v) is 5.98. The van der Waals surface area contributed by atoms with Crippen LogP contribution in [0.15, 0.2) is 22.7 Å². The Morgan fingerprint density at radius 3 is 2.81 bits per heavy atom. The van der Waals surface area contributed by atoms with Gasteiger partial charge in [-0.05, 0) is 40.0 Å². The highest BCUT2D eigenvalue weighted by atomic mass is 79.9. The first-order valence-corrected chi connectivity index (χ1v) is 7.24. The summed E-state index contributed by atoms with van der Waals surface area (Å²) in [6.45, 7) is 0.597. The van der Waals surface area contributed by atoms with Crippen molar-refractivity contribution in [3.63, 3.8) is 0 Å². The Labute approximate surface area is 129 Å². The molecule has 1 aromatic rings. The maximum Gasteiger partial charge on any atom is 0.305 e. The number of carbonyl (C=O) groups is 2. The van der Waals surface area contributed by atoms with Crippen LogP contribution in [0.4, 0.5) is 4.39 Å². The molecule has 0 bridgehead atoms. The van der Waals surface area contributed by atoms with Crippen LogP contribution in [0.1, 0.15) is 18.4 Å². The standard InChI is InChI=1S/C14H15BrFNO4/c15-10-2-1-9(5-11(10)16)6-12(18)17-14(7-13(19)20)3-4-21-8-14/h1-2,5H,3-4,6-8H2,(H,17,18)(H,19,20). The fraction of sp³-hybridized carbons (Fsp3) is 0.429. The first kappa shape index (κ1) is 15.9. The highest BCUT2D eigenvalue weighted by Gasteiger charge is 2.38. The van der Waals surface area contributed by atoms with Crippen molar-refractivity contribution in [3.05, 3.63) is 34.1 Å². The smallest absolute Gasteiger partial charge is 0.305 e. The van der Waals surface area contributed by atoms with E-state index in [-0.39, 0.29) is 25.4 Å². The third kappa shape index (κ3) is 4.25. The molecule has 1 aliphatic rings. The van der Waals surface area contributed by atoms with Crippen molar-refractivity contribution in [2.24, 2.45) is 0 Å². The number of aliphatic carboxylic acids is 1. The number of rotatable bonds is 5. The molecule has 1 amide bonds. The van der Waals surface area contributed by atoms with E-state index in [2.05, 4.69) is 21.2 Å². The molecule has 1 unspecified atom stereocenters. The number of carboxylic acid groups (broad SMARTS) is 1. The zero-order valence-electron chi connectivity index (χ0n) is 11.2. The molecule has 0 spiro atoms. The van der Waals surface area contributed by atoms with Gasteiger partial charge in [0, 0.05) is 6.61 Å². The fourth-order valence-electron chi connectivity index (χ4n) is 2.35. The topological polar surface area (TPSA) is 75.6 Å². The molecular formula is C14H15BrFNO4. The minimum atomic E-state index is -0.990. The van der Waals surface area contributed by atoms with Gasteiger partial charge in [0.1, 0.15) is 5.82 Å². The molecule has 1 aliphatic heterocycles. The minimum Gasteiger partial charge on any atom is -0.481 e. The van der Waals surface area contributed by atoms with E-state index in [1.54, 1.807) is 6.07 Å². The van der Waals surface area contributed by atoms with Crippen LogP contribution in [0.5, 0.6) is 0 Å². The van der Waals surface area contributed by atoms with Gasteiger partial charge in [0.15, 0.2) is 0 Å². The summed E-state index contributed by atoms with van der Waals surface area (Å²) in [4.78, 5) is 23.0. The number of hydrogen-bond donors (Lipinski definition) is 2. The first-order valence-electron chi connectivity index (χ1n) is 6.45. The minimum absolute atomic E-state index is 0.00836. The monoisotopic (exact) mass is 359 g/mol. The second-order valence-electron chi connectivity index (χ2n) is 5.13. The summed E-state index contributed by atoms with van der Waals surface area (Å²) in [5.74, 6) is -1.77. The van der Waals surface area contributed by atoms with Crippen LogP contribution >= 0.6 is 15.9 Å². The Bertz CT molecular complexity index is 558. The van der Waals surface area contributed by atoms with Crippen molar-refractivity contribution in [2.45, 2.75) is 24.8 Å². The van der Waals surface area contributed by atoms with E-state index < -0.39 is 17.3 Å². The lowest BCUT2D eigenvalue weighted by Gasteiger charge is -2.27. The van der Waals surface area contributed by atoms with Crippen molar-refractivity contribution in [2.75, 3.05) is 13.2 Å². The number of benzene rings is 1. The van der Waals surface area contributed by atoms with E-state index in [0.717, 1.165) is 0 Å². The van der Waals surface area contributed by atoms with E-state index in [1.165, 1.54) is 12.1 Å². The van der Waals surface area contributed by atoms with Crippen molar-refractivity contribution in [1.82, 2.24) is 5.32 Å². The molecule has 0 saturated carbocycles. The lowest BCUT2D eigenvalue weighted by molar-refractivity contribution is -0.139. The number of halogens is 2. The molecule has 2 rings (SSSR count). The molecule has 1 fully saturated rings. The summed E-state index contributed by atoms with van der Waals surface area (Å²) in [7, 11) is 0. The maximum absolute atomic E-state index is 13.4. The third-order valence-electron chi connectivity index (χ3n) is 3.35. The highest BCUT2D eigenvalue weighted by molar-refractivity contribution is 9.10. The van der Waals surface area contributed by atoms with Crippen molar-refractivity contribution < 1.29 is 23.8 Å². The zero-order valence-corrected chi connectivity index (χ0v) is 12.8. The van der Waals surface area contributed by atoms with E-state index in [1.807, 2.05) is 0 Å². The average Bonchev–Trinajstić information content (AvgIpc) is 2.80. The van der Waals surface area contributed by atoms with Gasteiger partial charge in [0.05, 0.1) is 29.5 Å². The van der Waals surface area contributed by atoms with Crippen LogP contribution in [-0.4, -0.2) is 35.7 Å². The zero-order chi connectivity index (χ0) is 15.5. The van der Waals surface area contributed by atoms with Gasteiger partial charge in [-0.25, -0.2) is 4.39 Å². The summed E-state index contributed by atoms with van der Waals surface area (Å²) in [5.41, 5.74) is -0.339. The number of hydrogen-bond acceptors (Lipinski definition) is 3. The lowest BCUT2D eigenvalue weighted by atomic mass is 9.94. The molecule has 7 heteroatoms. The molecule has 5 nitrogen and oxygen atoms in total. The van der Waals surface area contributed by atoms with Crippen LogP contribution in [0.2, 0.25) is 0 Å². The SMILES string of the molecule is O=C(O)CC1(NC(=O)Cc2ccc(Br)c(F)c2)CCOC1. The number of ether oxygens (including phenoxy) is 1. The Hall–Kier alpha value is -1.47. The summed E-state index contributed by atoms with van der Waals surface area (Å²) in [6.07, 6.45) is 0.263. The molecule has 1 heterocycles. The van der Waals surface area contributed by atoms with Crippen LogP contribution in [0, 0.1) is 5.82 Å². The Kier molecular flexibility index (Phi) is 4.95. The number of carbonyl (C=O) groups excluding carboxylic acids is 1. The normalized spacial score (nSPS) is 21.2. The van der Waals surface area contributed by atoms with Gasteiger partial charge < -0.3 is 15.2 Å². The van der Waals surface area contributed by atoms with E-state index in [4.69, 9.17) is 9.84 Å². The van der Waals surface area contributed by atoms with Gasteiger partial charge in [-0.15, -0.1) is 0 Å². The predicted octanol–water partition coefficient (Wildman–Crippen LogP) is 1.88. The molecule has 0 aromatic heterocycles. The second kappa shape index (κ2) is 6.53. The molecule has 1 atom stereocenters. The molecule has 2 N–H and O–H groups in total. The van der Waals surface area contributed by atoms with Gasteiger partial charge in [-0.1, -0.05) is 6.07 Å². The van der Waals surface area contributed by atoms with Crippen LogP contribution in [0.3, 0.4) is 0 Å². The van der Waals surface area contributed by atoms with Gasteiger partial charge in [0.2, 0.25) is 5.91 Å². The van der Waals surface area contributed by atoms with Gasteiger partial charge in [-0.3, -0.25) is 9.59 Å². The lowest BCUT2D eigenvalue weighted by Crippen LogP contribution is -2.51. The van der Waals surface area contributed by atoms with Gasteiger partial charge in [0.25, 0.3) is 0 Å². The highest BCUT2D eigenvalue weighted by Crippen LogP contribution is 2.23. The van der Waals surface area contributed by atoms with E-state index in [9.17, 15) is 14.0 Å². The van der Waals surface area contributed by atoms with Crippen LogP contribution in [0.25, 0.3) is 0 Å². The number of nitrogens with one attached hydrogen (secondary N) is 1. The largest absolute Gasteiger partial charge is 0.481 e. The quantitative estimate of drug-likeness (QED) is 0.841. The molecule has 21 heavy (non-hydrogen) atoms. The van der Waals surface area contributed by atoms with Crippen molar-refractivity contribution in [1.29, 1.82) is 0 Å². The van der Waals surface area contributed by atoms with Crippen molar-refractivity contribution in [3.8, 4) is 0 Å². The molecule has 114 valence electrons. The molecular weight excluding hydrogens is 345 g/mol. The van der Waals surface area contributed by atoms with Crippen LogP contribution < -0.4 is 5.32 Å². The molecule has 1 aromatic carbocycles. The van der Waals surface area contributed by atoms with Crippen LogP contribution in [-0.2, 0) is 20.7 Å². The summed E-state index contributed by atoms with van der Waals surface area (Å²) < 4.78 is 18.9. The Morgan fingerprint density at radius 2 is 2.24 bits per heavy atom. The maximum atomic E-state index is 13.4. The van der Waals surface area contributed by atoms with Gasteiger partial charge >= 0.3 is 5.97 Å². The molecule has 0 aliphatic carbocycles. The molecule has 1 saturated heterocycles. The average molecular weight is 360 g/mol.